The number of hydrogen-bond donors (Lipinski definition) is 2. The van der Waals surface area contributed by atoms with Crippen LogP contribution in [-0.2, 0) is 42.5 Å². The van der Waals surface area contributed by atoms with Crippen LogP contribution in [0.1, 0.15) is 43.4 Å². The molecule has 3 aliphatic heterocycles. The Bertz CT molecular complexity index is 1690. The summed E-state index contributed by atoms with van der Waals surface area (Å²) in [5.41, 5.74) is 1.86. The smallest absolute Gasteiger partial charge is 0.304 e. The topological polar surface area (TPSA) is 128 Å². The summed E-state index contributed by atoms with van der Waals surface area (Å²) in [6, 6.07) is 21.4. The number of rotatable bonds is 8. The molecule has 4 atom stereocenters. The third-order valence-electron chi connectivity index (χ3n) is 8.92. The fraction of sp³-hybridized carbons (Fsp3) is 0.314. The minimum Gasteiger partial charge on any atom is -0.441 e. The summed E-state index contributed by atoms with van der Waals surface area (Å²) in [5, 5.41) is 22.2. The third kappa shape index (κ3) is 5.30. The molecule has 10 heteroatoms. The minimum atomic E-state index is -2.02. The molecule has 3 heterocycles. The number of amides is 3. The number of carbonyl (C=O) groups excluding carboxylic acids is 4. The number of ether oxygens (including phenoxy) is 1. The summed E-state index contributed by atoms with van der Waals surface area (Å²) in [5.74, 6) is -2.27. The van der Waals surface area contributed by atoms with Crippen molar-refractivity contribution in [3.8, 4) is 0 Å². The van der Waals surface area contributed by atoms with E-state index in [-0.39, 0.29) is 37.3 Å². The van der Waals surface area contributed by atoms with Crippen LogP contribution in [0.2, 0.25) is 0 Å². The summed E-state index contributed by atoms with van der Waals surface area (Å²) >= 11 is 0. The van der Waals surface area contributed by atoms with Gasteiger partial charge in [0.1, 0.15) is 0 Å². The number of β-lactam (4-membered cyclic amide) rings is 1. The number of benzene rings is 3. The number of hydrogen-bond acceptors (Lipinski definition) is 7. The van der Waals surface area contributed by atoms with E-state index in [0.717, 1.165) is 11.1 Å². The number of fused-ring (bicyclic) bond motifs is 2. The number of esters is 1. The zero-order chi connectivity index (χ0) is 31.9. The Labute approximate surface area is 261 Å². The molecule has 45 heavy (non-hydrogen) atoms. The highest BCUT2D eigenvalue weighted by atomic mass is 16.6. The Morgan fingerprint density at radius 1 is 1.00 bits per heavy atom. The number of carbonyl (C=O) groups is 4. The van der Waals surface area contributed by atoms with E-state index in [1.807, 2.05) is 30.3 Å². The van der Waals surface area contributed by atoms with Gasteiger partial charge in [-0.05, 0) is 47.9 Å². The first-order valence-corrected chi connectivity index (χ1v) is 15.0. The van der Waals surface area contributed by atoms with Crippen LogP contribution >= 0.6 is 0 Å². The van der Waals surface area contributed by atoms with Gasteiger partial charge in [-0.2, -0.15) is 0 Å². The average molecular weight is 610 g/mol. The highest BCUT2D eigenvalue weighted by Crippen LogP contribution is 2.50. The molecule has 1 fully saturated rings. The van der Waals surface area contributed by atoms with Crippen molar-refractivity contribution in [1.29, 1.82) is 0 Å². The van der Waals surface area contributed by atoms with Gasteiger partial charge in [-0.25, -0.2) is 0 Å². The molecule has 0 saturated carbocycles. The van der Waals surface area contributed by atoms with Gasteiger partial charge in [0, 0.05) is 42.7 Å². The molecule has 3 aliphatic rings. The first kappa shape index (κ1) is 30.2. The molecule has 0 spiro atoms. The molecule has 0 radical (unpaired) electrons. The van der Waals surface area contributed by atoms with Crippen LogP contribution in [0, 0.1) is 5.92 Å². The summed E-state index contributed by atoms with van der Waals surface area (Å²) in [6.45, 7) is 3.22. The van der Waals surface area contributed by atoms with Crippen molar-refractivity contribution < 1.29 is 34.1 Å². The molecular formula is C35H35N3O7. The van der Waals surface area contributed by atoms with Crippen LogP contribution in [-0.4, -0.2) is 57.7 Å². The van der Waals surface area contributed by atoms with Crippen molar-refractivity contribution in [2.24, 2.45) is 5.92 Å². The van der Waals surface area contributed by atoms with Gasteiger partial charge in [0.05, 0.1) is 24.8 Å². The summed E-state index contributed by atoms with van der Waals surface area (Å²) in [4.78, 5) is 56.0. The van der Waals surface area contributed by atoms with E-state index in [2.05, 4.69) is 0 Å². The molecule has 0 bridgehead atoms. The zero-order valence-corrected chi connectivity index (χ0v) is 25.1. The molecule has 0 aliphatic carbocycles. The first-order chi connectivity index (χ1) is 21.6. The van der Waals surface area contributed by atoms with E-state index >= 15 is 0 Å². The lowest BCUT2D eigenvalue weighted by Crippen LogP contribution is -2.55. The van der Waals surface area contributed by atoms with Crippen molar-refractivity contribution in [1.82, 2.24) is 4.90 Å². The maximum atomic E-state index is 14.1. The first-order valence-electron chi connectivity index (χ1n) is 15.0. The van der Waals surface area contributed by atoms with Gasteiger partial charge in [0.25, 0.3) is 5.91 Å². The van der Waals surface area contributed by atoms with Crippen molar-refractivity contribution in [2.75, 3.05) is 16.4 Å². The Morgan fingerprint density at radius 3 is 2.40 bits per heavy atom. The lowest BCUT2D eigenvalue weighted by molar-refractivity contribution is -0.154. The zero-order valence-electron chi connectivity index (χ0n) is 25.1. The second-order valence-electron chi connectivity index (χ2n) is 11.7. The van der Waals surface area contributed by atoms with Crippen LogP contribution in [0.5, 0.6) is 0 Å². The highest BCUT2D eigenvalue weighted by Gasteiger charge is 2.54. The Balaban J connectivity index is 1.28. The molecule has 10 nitrogen and oxygen atoms in total. The highest BCUT2D eigenvalue weighted by molar-refractivity contribution is 6.13. The summed E-state index contributed by atoms with van der Waals surface area (Å²) in [7, 11) is 0. The summed E-state index contributed by atoms with van der Waals surface area (Å²) in [6.07, 6.45) is 3.17. The van der Waals surface area contributed by atoms with Gasteiger partial charge in [0.2, 0.25) is 11.8 Å². The third-order valence-corrected chi connectivity index (χ3v) is 8.92. The van der Waals surface area contributed by atoms with Crippen molar-refractivity contribution in [3.63, 3.8) is 0 Å². The van der Waals surface area contributed by atoms with E-state index in [1.54, 1.807) is 66.4 Å². The van der Waals surface area contributed by atoms with Gasteiger partial charge in [-0.1, -0.05) is 61.5 Å². The van der Waals surface area contributed by atoms with Crippen LogP contribution < -0.4 is 9.80 Å². The lowest BCUT2D eigenvalue weighted by Gasteiger charge is -2.39. The van der Waals surface area contributed by atoms with E-state index in [0.29, 0.717) is 35.6 Å². The van der Waals surface area contributed by atoms with Crippen molar-refractivity contribution >= 4 is 40.8 Å². The number of aliphatic hydroxyl groups is 2. The molecule has 1 saturated heterocycles. The lowest BCUT2D eigenvalue weighted by atomic mass is 9.82. The minimum absolute atomic E-state index is 0.0227. The van der Waals surface area contributed by atoms with Crippen LogP contribution in [0.25, 0.3) is 0 Å². The molecular weight excluding hydrogens is 574 g/mol. The fourth-order valence-corrected chi connectivity index (χ4v) is 6.50. The molecule has 3 aromatic rings. The maximum absolute atomic E-state index is 14.1. The van der Waals surface area contributed by atoms with E-state index in [1.165, 1.54) is 16.7 Å². The molecule has 0 aromatic heterocycles. The quantitative estimate of drug-likeness (QED) is 0.227. The number of anilines is 3. The van der Waals surface area contributed by atoms with Crippen molar-refractivity contribution in [2.45, 2.75) is 57.5 Å². The maximum Gasteiger partial charge on any atom is 0.304 e. The molecule has 6 rings (SSSR count). The Morgan fingerprint density at radius 2 is 1.71 bits per heavy atom. The molecule has 3 aromatic carbocycles. The number of nitrogens with zero attached hydrogens (tertiary/aromatic N) is 3. The molecule has 3 amide bonds. The molecule has 232 valence electrons. The second-order valence-corrected chi connectivity index (χ2v) is 11.7. The number of aliphatic hydroxyl groups excluding tert-OH is 1. The second kappa shape index (κ2) is 11.9. The van der Waals surface area contributed by atoms with Gasteiger partial charge in [-0.15, -0.1) is 0 Å². The fourth-order valence-electron chi connectivity index (χ4n) is 6.50. The van der Waals surface area contributed by atoms with Gasteiger partial charge in [-0.3, -0.25) is 29.0 Å². The predicted octanol–water partition coefficient (Wildman–Crippen LogP) is 3.71. The SMILES string of the molecule is CC(=O)OC1CC(=O)N1c1ccc2c(c1)[C@](O)([C@@H](C)/C=C/CC(=O)N1Cc3ccccc3C[C@H]1CO)C(=O)N2c1ccccc1. The van der Waals surface area contributed by atoms with E-state index < -0.39 is 29.6 Å². The van der Waals surface area contributed by atoms with E-state index in [4.69, 9.17) is 4.74 Å². The predicted molar refractivity (Wildman–Crippen MR) is 166 cm³/mol. The summed E-state index contributed by atoms with van der Waals surface area (Å²) < 4.78 is 5.28. The average Bonchev–Trinajstić information content (AvgIpc) is 3.26. The van der Waals surface area contributed by atoms with Gasteiger partial charge >= 0.3 is 5.97 Å². The molecule has 2 N–H and O–H groups in total. The van der Waals surface area contributed by atoms with Gasteiger partial charge in [0.15, 0.2) is 11.8 Å². The Hall–Kier alpha value is -4.80. The largest absolute Gasteiger partial charge is 0.441 e. The monoisotopic (exact) mass is 609 g/mol. The number of para-hydroxylation sites is 1. The van der Waals surface area contributed by atoms with E-state index in [9.17, 15) is 29.4 Å². The van der Waals surface area contributed by atoms with Crippen LogP contribution in [0.15, 0.2) is 84.9 Å². The standard InChI is InChI=1S/C35H35N3O7/c1-22(9-8-14-31(41)36-20-25-11-7-6-10-24(25)17-28(36)21-39)35(44)29-18-27(38-32(42)19-33(38)45-23(2)40)15-16-30(29)37(34(35)43)26-12-4-3-5-13-26/h3-13,15-16,18,22,28,33,39,44H,14,17,19-21H2,1-2H3/b9-8+/t22-,28-,33?,35+/m0/s1. The van der Waals surface area contributed by atoms with Crippen LogP contribution in [0.3, 0.4) is 0 Å². The van der Waals surface area contributed by atoms with Crippen molar-refractivity contribution in [3.05, 3.63) is 102 Å². The normalized spacial score (nSPS) is 23.1. The van der Waals surface area contributed by atoms with Crippen LogP contribution in [0.4, 0.5) is 17.1 Å². The molecule has 1 unspecified atom stereocenters. The van der Waals surface area contributed by atoms with Gasteiger partial charge < -0.3 is 19.8 Å². The Kier molecular flexibility index (Phi) is 8.03.